The fourth-order valence-corrected chi connectivity index (χ4v) is 2.48. The summed E-state index contributed by atoms with van der Waals surface area (Å²) < 4.78 is 5.25. The highest BCUT2D eigenvalue weighted by atomic mass is 16.5. The van der Waals surface area contributed by atoms with Gasteiger partial charge in [0.2, 0.25) is 5.91 Å². The highest BCUT2D eigenvalue weighted by molar-refractivity contribution is 5.80. The molecule has 92 valence electrons. The largest absolute Gasteiger partial charge is 0.384 e. The molecule has 0 bridgehead atoms. The van der Waals surface area contributed by atoms with E-state index in [0.717, 1.165) is 45.6 Å². The van der Waals surface area contributed by atoms with Gasteiger partial charge in [-0.05, 0) is 18.3 Å². The number of carbonyl (C=O) groups is 1. The first-order valence-electron chi connectivity index (χ1n) is 6.13. The first-order valence-corrected chi connectivity index (χ1v) is 6.13. The third kappa shape index (κ3) is 2.38. The fraction of sp³-hybridized carbons (Fsp3) is 0.917. The number of nitrogens with one attached hydrogen (secondary N) is 1. The summed E-state index contributed by atoms with van der Waals surface area (Å²) in [6.07, 6.45) is 2.12. The zero-order chi connectivity index (χ0) is 11.6. The number of likely N-dealkylation sites (tertiary alicyclic amines) is 1. The summed E-state index contributed by atoms with van der Waals surface area (Å²) in [5.41, 5.74) is 0.267. The smallest absolute Gasteiger partial charge is 0.228 e. The minimum absolute atomic E-state index is 0.242. The number of ether oxygens (including phenoxy) is 1. The maximum atomic E-state index is 12.0. The number of hydrogen-bond acceptors (Lipinski definition) is 3. The second-order valence-electron chi connectivity index (χ2n) is 5.42. The van der Waals surface area contributed by atoms with Gasteiger partial charge < -0.3 is 15.0 Å². The van der Waals surface area contributed by atoms with Crippen LogP contribution in [0.25, 0.3) is 0 Å². The second kappa shape index (κ2) is 4.72. The van der Waals surface area contributed by atoms with Crippen molar-refractivity contribution in [3.63, 3.8) is 0 Å². The molecule has 0 radical (unpaired) electrons. The molecule has 2 fully saturated rings. The van der Waals surface area contributed by atoms with Gasteiger partial charge >= 0.3 is 0 Å². The van der Waals surface area contributed by atoms with E-state index in [1.54, 1.807) is 7.11 Å². The molecule has 2 aliphatic heterocycles. The van der Waals surface area contributed by atoms with Crippen LogP contribution in [0.2, 0.25) is 0 Å². The molecule has 0 aromatic rings. The van der Waals surface area contributed by atoms with Gasteiger partial charge in [-0.25, -0.2) is 0 Å². The number of hydrogen-bond donors (Lipinski definition) is 1. The standard InChI is InChI=1S/C12H22N2O2/c1-12(9-16-2)3-5-14(6-4-12)11(15)10-7-13-8-10/h10,13H,3-9H2,1-2H3. The lowest BCUT2D eigenvalue weighted by Crippen LogP contribution is -2.54. The van der Waals surface area contributed by atoms with Crippen LogP contribution in [0.1, 0.15) is 19.8 Å². The highest BCUT2D eigenvalue weighted by Crippen LogP contribution is 2.31. The molecule has 2 saturated heterocycles. The van der Waals surface area contributed by atoms with Crippen molar-refractivity contribution in [3.8, 4) is 0 Å². The van der Waals surface area contributed by atoms with Crippen molar-refractivity contribution in [1.29, 1.82) is 0 Å². The van der Waals surface area contributed by atoms with E-state index >= 15 is 0 Å². The predicted octanol–water partition coefficient (Wildman–Crippen LogP) is 0.481. The van der Waals surface area contributed by atoms with Crippen LogP contribution in [0.5, 0.6) is 0 Å². The van der Waals surface area contributed by atoms with Gasteiger partial charge in [0.25, 0.3) is 0 Å². The second-order valence-corrected chi connectivity index (χ2v) is 5.42. The SMILES string of the molecule is COCC1(C)CCN(C(=O)C2CNC2)CC1. The molecular formula is C12H22N2O2. The molecule has 0 unspecified atom stereocenters. The zero-order valence-electron chi connectivity index (χ0n) is 10.3. The lowest BCUT2D eigenvalue weighted by molar-refractivity contribution is -0.139. The van der Waals surface area contributed by atoms with Crippen LogP contribution >= 0.6 is 0 Å². The van der Waals surface area contributed by atoms with E-state index in [2.05, 4.69) is 12.2 Å². The van der Waals surface area contributed by atoms with Crippen LogP contribution in [-0.4, -0.2) is 50.7 Å². The zero-order valence-corrected chi connectivity index (χ0v) is 10.3. The minimum Gasteiger partial charge on any atom is -0.384 e. The lowest BCUT2D eigenvalue weighted by atomic mass is 9.81. The van der Waals surface area contributed by atoms with Crippen LogP contribution < -0.4 is 5.32 Å². The maximum absolute atomic E-state index is 12.0. The van der Waals surface area contributed by atoms with Crippen molar-refractivity contribution in [1.82, 2.24) is 10.2 Å². The quantitative estimate of drug-likeness (QED) is 0.761. The van der Waals surface area contributed by atoms with Crippen molar-refractivity contribution in [2.45, 2.75) is 19.8 Å². The first-order chi connectivity index (χ1) is 7.64. The molecule has 2 heterocycles. The van der Waals surface area contributed by atoms with Crippen LogP contribution in [0.4, 0.5) is 0 Å². The molecular weight excluding hydrogens is 204 g/mol. The maximum Gasteiger partial charge on any atom is 0.228 e. The van der Waals surface area contributed by atoms with Crippen LogP contribution in [0.15, 0.2) is 0 Å². The summed E-state index contributed by atoms with van der Waals surface area (Å²) in [4.78, 5) is 14.0. The third-order valence-electron chi connectivity index (χ3n) is 3.91. The van der Waals surface area contributed by atoms with E-state index in [4.69, 9.17) is 4.74 Å². The Morgan fingerprint density at radius 1 is 1.44 bits per heavy atom. The molecule has 2 rings (SSSR count). The number of carbonyl (C=O) groups excluding carboxylic acids is 1. The van der Waals surface area contributed by atoms with Gasteiger partial charge in [0.15, 0.2) is 0 Å². The van der Waals surface area contributed by atoms with E-state index in [-0.39, 0.29) is 11.3 Å². The minimum atomic E-state index is 0.242. The van der Waals surface area contributed by atoms with E-state index in [0.29, 0.717) is 5.91 Å². The summed E-state index contributed by atoms with van der Waals surface area (Å²) in [7, 11) is 1.75. The molecule has 4 heteroatoms. The summed E-state index contributed by atoms with van der Waals surface area (Å²) >= 11 is 0. The van der Waals surface area contributed by atoms with Crippen molar-refractivity contribution >= 4 is 5.91 Å². The van der Waals surface area contributed by atoms with Crippen molar-refractivity contribution < 1.29 is 9.53 Å². The molecule has 4 nitrogen and oxygen atoms in total. The lowest BCUT2D eigenvalue weighted by Gasteiger charge is -2.41. The third-order valence-corrected chi connectivity index (χ3v) is 3.91. The summed E-state index contributed by atoms with van der Waals surface area (Å²) in [6.45, 7) is 6.59. The van der Waals surface area contributed by atoms with Gasteiger partial charge in [-0.3, -0.25) is 4.79 Å². The molecule has 1 N–H and O–H groups in total. The Morgan fingerprint density at radius 2 is 2.06 bits per heavy atom. The van der Waals surface area contributed by atoms with Crippen LogP contribution in [-0.2, 0) is 9.53 Å². The summed E-state index contributed by atoms with van der Waals surface area (Å²) in [5.74, 6) is 0.588. The van der Waals surface area contributed by atoms with E-state index in [1.807, 2.05) is 4.90 Å². The van der Waals surface area contributed by atoms with Gasteiger partial charge in [-0.2, -0.15) is 0 Å². The fourth-order valence-electron chi connectivity index (χ4n) is 2.48. The van der Waals surface area contributed by atoms with E-state index in [1.165, 1.54) is 0 Å². The molecule has 0 aromatic carbocycles. The van der Waals surface area contributed by atoms with Gasteiger partial charge in [-0.1, -0.05) is 6.92 Å². The Bertz CT molecular complexity index is 256. The topological polar surface area (TPSA) is 41.6 Å². The molecule has 0 atom stereocenters. The Morgan fingerprint density at radius 3 is 2.50 bits per heavy atom. The molecule has 16 heavy (non-hydrogen) atoms. The number of methoxy groups -OCH3 is 1. The van der Waals surface area contributed by atoms with Gasteiger partial charge in [0, 0.05) is 33.3 Å². The number of piperidine rings is 1. The van der Waals surface area contributed by atoms with Crippen LogP contribution in [0, 0.1) is 11.3 Å². The monoisotopic (exact) mass is 226 g/mol. The van der Waals surface area contributed by atoms with Gasteiger partial charge in [0.1, 0.15) is 0 Å². The number of amides is 1. The van der Waals surface area contributed by atoms with Gasteiger partial charge in [0.05, 0.1) is 12.5 Å². The van der Waals surface area contributed by atoms with E-state index < -0.39 is 0 Å². The summed E-state index contributed by atoms with van der Waals surface area (Å²) in [5, 5.41) is 3.15. The molecule has 0 aromatic heterocycles. The average Bonchev–Trinajstić information content (AvgIpc) is 2.16. The molecule has 0 saturated carbocycles. The Kier molecular flexibility index (Phi) is 3.50. The Labute approximate surface area is 97.3 Å². The molecule has 0 spiro atoms. The van der Waals surface area contributed by atoms with Crippen molar-refractivity contribution in [3.05, 3.63) is 0 Å². The predicted molar refractivity (Wildman–Crippen MR) is 62.2 cm³/mol. The molecule has 1 amide bonds. The summed E-state index contributed by atoms with van der Waals surface area (Å²) in [6, 6.07) is 0. The van der Waals surface area contributed by atoms with Crippen LogP contribution in [0.3, 0.4) is 0 Å². The number of rotatable bonds is 3. The molecule has 0 aliphatic carbocycles. The van der Waals surface area contributed by atoms with Gasteiger partial charge in [-0.15, -0.1) is 0 Å². The Balaban J connectivity index is 1.82. The Hall–Kier alpha value is -0.610. The van der Waals surface area contributed by atoms with Crippen molar-refractivity contribution in [2.75, 3.05) is 39.9 Å². The first kappa shape index (κ1) is 11.9. The number of nitrogens with zero attached hydrogens (tertiary/aromatic N) is 1. The molecule has 2 aliphatic rings. The average molecular weight is 226 g/mol. The van der Waals surface area contributed by atoms with Crippen molar-refractivity contribution in [2.24, 2.45) is 11.3 Å². The normalized spacial score (nSPS) is 25.2. The highest BCUT2D eigenvalue weighted by Gasteiger charge is 2.35. The van der Waals surface area contributed by atoms with E-state index in [9.17, 15) is 4.79 Å².